The van der Waals surface area contributed by atoms with E-state index in [4.69, 9.17) is 23.2 Å². The summed E-state index contributed by atoms with van der Waals surface area (Å²) in [5, 5.41) is 4.52. The first-order chi connectivity index (χ1) is 9.18. The van der Waals surface area contributed by atoms with E-state index in [2.05, 4.69) is 36.5 Å². The summed E-state index contributed by atoms with van der Waals surface area (Å²) in [5.41, 5.74) is 2.26. The van der Waals surface area contributed by atoms with E-state index in [0.29, 0.717) is 16.0 Å². The van der Waals surface area contributed by atoms with Crippen LogP contribution < -0.4 is 5.32 Å². The predicted molar refractivity (Wildman–Crippen MR) is 84.4 cm³/mol. The maximum Gasteiger partial charge on any atom is 0.0823 e. The maximum absolute atomic E-state index is 6.13. The number of halogens is 2. The number of nitrogens with one attached hydrogen (secondary N) is 1. The number of hydrogen-bond donors (Lipinski definition) is 1. The van der Waals surface area contributed by atoms with Gasteiger partial charge in [-0.25, -0.2) is 0 Å². The molecular formula is C16H17Cl2N. The number of benzene rings is 2. The highest BCUT2D eigenvalue weighted by Gasteiger charge is 2.06. The van der Waals surface area contributed by atoms with Gasteiger partial charge >= 0.3 is 0 Å². The van der Waals surface area contributed by atoms with Crippen molar-refractivity contribution in [3.63, 3.8) is 0 Å². The standard InChI is InChI=1S/C16H17Cl2N/c1-12(13-6-3-2-4-7-13)10-11-19-15-9-5-8-14(17)16(15)18/h2-9,12,19H,10-11H2,1H3. The van der Waals surface area contributed by atoms with Crippen LogP contribution in [0, 0.1) is 0 Å². The molecule has 1 atom stereocenters. The Kier molecular flexibility index (Phi) is 5.12. The summed E-state index contributed by atoms with van der Waals surface area (Å²) in [6, 6.07) is 16.2. The van der Waals surface area contributed by atoms with Crippen molar-refractivity contribution in [3.8, 4) is 0 Å². The van der Waals surface area contributed by atoms with Crippen LogP contribution in [-0.4, -0.2) is 6.54 Å². The Morgan fingerprint density at radius 1 is 1.00 bits per heavy atom. The minimum absolute atomic E-state index is 0.520. The molecule has 0 amide bonds. The molecule has 19 heavy (non-hydrogen) atoms. The zero-order chi connectivity index (χ0) is 13.7. The van der Waals surface area contributed by atoms with Crippen LogP contribution in [0.5, 0.6) is 0 Å². The highest BCUT2D eigenvalue weighted by atomic mass is 35.5. The minimum Gasteiger partial charge on any atom is -0.384 e. The Hall–Kier alpha value is -1.18. The molecule has 0 aliphatic carbocycles. The Morgan fingerprint density at radius 3 is 2.47 bits per heavy atom. The van der Waals surface area contributed by atoms with Crippen molar-refractivity contribution < 1.29 is 0 Å². The van der Waals surface area contributed by atoms with E-state index in [0.717, 1.165) is 18.7 Å². The normalized spacial score (nSPS) is 12.2. The Balaban J connectivity index is 1.88. The van der Waals surface area contributed by atoms with Crippen LogP contribution in [0.1, 0.15) is 24.8 Å². The van der Waals surface area contributed by atoms with Gasteiger partial charge in [-0.2, -0.15) is 0 Å². The van der Waals surface area contributed by atoms with Crippen molar-refractivity contribution >= 4 is 28.9 Å². The molecule has 0 aliphatic heterocycles. The van der Waals surface area contributed by atoms with Gasteiger partial charge in [0.1, 0.15) is 0 Å². The van der Waals surface area contributed by atoms with Gasteiger partial charge in [0.15, 0.2) is 0 Å². The predicted octanol–water partition coefficient (Wildman–Crippen LogP) is 5.60. The summed E-state index contributed by atoms with van der Waals surface area (Å²) in [6.45, 7) is 3.10. The molecule has 2 aromatic carbocycles. The summed E-state index contributed by atoms with van der Waals surface area (Å²) in [4.78, 5) is 0. The molecule has 0 bridgehead atoms. The van der Waals surface area contributed by atoms with E-state index >= 15 is 0 Å². The lowest BCUT2D eigenvalue weighted by Crippen LogP contribution is -2.06. The van der Waals surface area contributed by atoms with Gasteiger partial charge < -0.3 is 5.32 Å². The lowest BCUT2D eigenvalue weighted by atomic mass is 9.98. The summed E-state index contributed by atoms with van der Waals surface area (Å²) < 4.78 is 0. The molecule has 0 aliphatic rings. The zero-order valence-corrected chi connectivity index (χ0v) is 12.4. The van der Waals surface area contributed by atoms with Crippen molar-refractivity contribution in [1.82, 2.24) is 0 Å². The van der Waals surface area contributed by atoms with Crippen LogP contribution in [0.2, 0.25) is 10.0 Å². The molecule has 100 valence electrons. The first kappa shape index (κ1) is 14.2. The van der Waals surface area contributed by atoms with Gasteiger partial charge in [0.25, 0.3) is 0 Å². The topological polar surface area (TPSA) is 12.0 Å². The summed E-state index contributed by atoms with van der Waals surface area (Å²) in [6.07, 6.45) is 1.05. The fourth-order valence-electron chi connectivity index (χ4n) is 2.01. The highest BCUT2D eigenvalue weighted by Crippen LogP contribution is 2.29. The Labute approximate surface area is 124 Å². The van der Waals surface area contributed by atoms with Gasteiger partial charge in [-0.1, -0.05) is 66.5 Å². The molecule has 1 nitrogen and oxygen atoms in total. The molecule has 0 saturated heterocycles. The lowest BCUT2D eigenvalue weighted by Gasteiger charge is -2.14. The van der Waals surface area contributed by atoms with E-state index in [-0.39, 0.29) is 0 Å². The van der Waals surface area contributed by atoms with Crippen LogP contribution in [0.25, 0.3) is 0 Å². The molecule has 1 N–H and O–H groups in total. The lowest BCUT2D eigenvalue weighted by molar-refractivity contribution is 0.706. The monoisotopic (exact) mass is 293 g/mol. The first-order valence-electron chi connectivity index (χ1n) is 6.41. The van der Waals surface area contributed by atoms with Gasteiger partial charge in [-0.15, -0.1) is 0 Å². The maximum atomic E-state index is 6.13. The van der Waals surface area contributed by atoms with E-state index in [1.807, 2.05) is 18.2 Å². The molecular weight excluding hydrogens is 277 g/mol. The van der Waals surface area contributed by atoms with Crippen LogP contribution in [-0.2, 0) is 0 Å². The number of hydrogen-bond acceptors (Lipinski definition) is 1. The van der Waals surface area contributed by atoms with Crippen molar-refractivity contribution in [2.24, 2.45) is 0 Å². The van der Waals surface area contributed by atoms with Crippen molar-refractivity contribution in [3.05, 3.63) is 64.1 Å². The fraction of sp³-hybridized carbons (Fsp3) is 0.250. The molecule has 0 heterocycles. The van der Waals surface area contributed by atoms with Gasteiger partial charge in [-0.05, 0) is 30.0 Å². The second-order valence-electron chi connectivity index (χ2n) is 4.63. The third-order valence-corrected chi connectivity index (χ3v) is 4.03. The zero-order valence-electron chi connectivity index (χ0n) is 10.9. The summed E-state index contributed by atoms with van der Waals surface area (Å²) in [7, 11) is 0. The number of rotatable bonds is 5. The van der Waals surface area contributed by atoms with Gasteiger partial charge in [0.05, 0.1) is 15.7 Å². The van der Waals surface area contributed by atoms with Gasteiger partial charge in [0.2, 0.25) is 0 Å². The van der Waals surface area contributed by atoms with Crippen LogP contribution in [0.4, 0.5) is 5.69 Å². The van der Waals surface area contributed by atoms with Crippen LogP contribution in [0.15, 0.2) is 48.5 Å². The quantitative estimate of drug-likeness (QED) is 0.757. The van der Waals surface area contributed by atoms with Crippen LogP contribution >= 0.6 is 23.2 Å². The Morgan fingerprint density at radius 2 is 1.74 bits per heavy atom. The molecule has 0 fully saturated rings. The average molecular weight is 294 g/mol. The molecule has 2 aromatic rings. The molecule has 0 spiro atoms. The third kappa shape index (κ3) is 3.89. The number of anilines is 1. The fourth-order valence-corrected chi connectivity index (χ4v) is 2.38. The first-order valence-corrected chi connectivity index (χ1v) is 7.17. The molecule has 3 heteroatoms. The van der Waals surface area contributed by atoms with E-state index in [9.17, 15) is 0 Å². The molecule has 0 aromatic heterocycles. The van der Waals surface area contributed by atoms with Crippen molar-refractivity contribution in [2.75, 3.05) is 11.9 Å². The SMILES string of the molecule is CC(CCNc1cccc(Cl)c1Cl)c1ccccc1. The minimum atomic E-state index is 0.520. The van der Waals surface area contributed by atoms with Crippen molar-refractivity contribution in [2.45, 2.75) is 19.3 Å². The highest BCUT2D eigenvalue weighted by molar-refractivity contribution is 6.43. The van der Waals surface area contributed by atoms with Crippen molar-refractivity contribution in [1.29, 1.82) is 0 Å². The summed E-state index contributed by atoms with van der Waals surface area (Å²) >= 11 is 12.1. The average Bonchev–Trinajstić information content (AvgIpc) is 2.44. The van der Waals surface area contributed by atoms with Crippen LogP contribution in [0.3, 0.4) is 0 Å². The smallest absolute Gasteiger partial charge is 0.0823 e. The molecule has 1 unspecified atom stereocenters. The van der Waals surface area contributed by atoms with E-state index in [1.54, 1.807) is 6.07 Å². The second kappa shape index (κ2) is 6.83. The summed E-state index contributed by atoms with van der Waals surface area (Å²) in [5.74, 6) is 0.520. The van der Waals surface area contributed by atoms with Gasteiger partial charge in [0, 0.05) is 6.54 Å². The molecule has 2 rings (SSSR count). The van der Waals surface area contributed by atoms with E-state index in [1.165, 1.54) is 5.56 Å². The second-order valence-corrected chi connectivity index (χ2v) is 5.41. The largest absolute Gasteiger partial charge is 0.384 e. The van der Waals surface area contributed by atoms with E-state index < -0.39 is 0 Å². The third-order valence-electron chi connectivity index (χ3n) is 3.21. The van der Waals surface area contributed by atoms with Gasteiger partial charge in [-0.3, -0.25) is 0 Å². The molecule has 0 radical (unpaired) electrons. The molecule has 0 saturated carbocycles. The Bertz CT molecular complexity index is 526.